The summed E-state index contributed by atoms with van der Waals surface area (Å²) in [7, 11) is -0.367. The van der Waals surface area contributed by atoms with Crippen molar-refractivity contribution in [2.24, 2.45) is 0 Å². The first-order valence-corrected chi connectivity index (χ1v) is 10.3. The number of nitrogens with zero attached hydrogens (tertiary/aromatic N) is 6. The molecule has 0 saturated carbocycles. The van der Waals surface area contributed by atoms with Crippen LogP contribution in [-0.2, 0) is 16.8 Å². The van der Waals surface area contributed by atoms with Crippen molar-refractivity contribution in [2.45, 2.75) is 45.7 Å². The maximum absolute atomic E-state index is 12.8. The van der Waals surface area contributed by atoms with Crippen molar-refractivity contribution in [3.05, 3.63) is 29.8 Å². The molecule has 26 heavy (non-hydrogen) atoms. The highest BCUT2D eigenvalue weighted by Crippen LogP contribution is 2.34. The molecular formula is C17H26N6O2S. The normalized spacial score (nSPS) is 19.2. The van der Waals surface area contributed by atoms with Gasteiger partial charge in [0.05, 0.1) is 23.1 Å². The van der Waals surface area contributed by atoms with Crippen molar-refractivity contribution in [1.29, 1.82) is 0 Å². The number of aromatic nitrogens is 4. The molecule has 2 aromatic heterocycles. The molecule has 9 heteroatoms. The Bertz CT molecular complexity index is 877. The maximum atomic E-state index is 12.8. The van der Waals surface area contributed by atoms with Crippen LogP contribution in [0.25, 0.3) is 11.4 Å². The van der Waals surface area contributed by atoms with Crippen molar-refractivity contribution in [2.75, 3.05) is 20.6 Å². The van der Waals surface area contributed by atoms with Crippen LogP contribution >= 0.6 is 0 Å². The minimum atomic E-state index is -3.50. The molecule has 0 bridgehead atoms. The molecule has 1 aliphatic rings. The average molecular weight is 379 g/mol. The quantitative estimate of drug-likeness (QED) is 0.794. The standard InChI is InChI=1S/C17H26N6O2S/c1-5-22-16(9-10-18-22)14-12-15(20-13(2)19-14)17-8-6-7-11-23(17)26(24,25)21(3)4/h9-10,12,17H,5-8,11H2,1-4H3. The first-order valence-electron chi connectivity index (χ1n) is 8.91. The molecular weight excluding hydrogens is 352 g/mol. The van der Waals surface area contributed by atoms with Crippen LogP contribution in [0.5, 0.6) is 0 Å². The van der Waals surface area contributed by atoms with Crippen LogP contribution in [-0.4, -0.2) is 57.4 Å². The molecule has 0 N–H and O–H groups in total. The second-order valence-corrected chi connectivity index (χ2v) is 8.76. The van der Waals surface area contributed by atoms with Gasteiger partial charge in [0.15, 0.2) is 0 Å². The summed E-state index contributed by atoms with van der Waals surface area (Å²) in [6, 6.07) is 3.56. The van der Waals surface area contributed by atoms with Gasteiger partial charge in [0.25, 0.3) is 10.2 Å². The molecule has 0 aromatic carbocycles. The van der Waals surface area contributed by atoms with Crippen molar-refractivity contribution >= 4 is 10.2 Å². The first-order chi connectivity index (χ1) is 12.3. The molecule has 3 rings (SSSR count). The molecule has 0 spiro atoms. The Morgan fingerprint density at radius 1 is 1.27 bits per heavy atom. The zero-order chi connectivity index (χ0) is 18.9. The van der Waals surface area contributed by atoms with Gasteiger partial charge in [-0.2, -0.15) is 22.1 Å². The average Bonchev–Trinajstić information content (AvgIpc) is 3.10. The Kier molecular flexibility index (Phi) is 5.40. The van der Waals surface area contributed by atoms with Crippen molar-refractivity contribution in [1.82, 2.24) is 28.4 Å². The maximum Gasteiger partial charge on any atom is 0.282 e. The SMILES string of the molecule is CCn1nccc1-c1cc(C2CCCCN2S(=O)(=O)N(C)C)nc(C)n1. The lowest BCUT2D eigenvalue weighted by atomic mass is 10.0. The number of hydrogen-bond donors (Lipinski definition) is 0. The van der Waals surface area contributed by atoms with E-state index < -0.39 is 10.2 Å². The van der Waals surface area contributed by atoms with Gasteiger partial charge in [0.1, 0.15) is 5.82 Å². The van der Waals surface area contributed by atoms with E-state index in [9.17, 15) is 8.42 Å². The summed E-state index contributed by atoms with van der Waals surface area (Å²) < 4.78 is 30.2. The second-order valence-electron chi connectivity index (χ2n) is 6.67. The van der Waals surface area contributed by atoms with Crippen LogP contribution in [0, 0.1) is 6.92 Å². The lowest BCUT2D eigenvalue weighted by Gasteiger charge is -2.36. The van der Waals surface area contributed by atoms with E-state index in [2.05, 4.69) is 15.1 Å². The Morgan fingerprint density at radius 3 is 2.73 bits per heavy atom. The number of aryl methyl sites for hydroxylation is 2. The van der Waals surface area contributed by atoms with Crippen LogP contribution in [0.4, 0.5) is 0 Å². The van der Waals surface area contributed by atoms with E-state index in [-0.39, 0.29) is 6.04 Å². The van der Waals surface area contributed by atoms with Gasteiger partial charge < -0.3 is 0 Å². The summed E-state index contributed by atoms with van der Waals surface area (Å²) in [6.45, 7) is 5.12. The fourth-order valence-electron chi connectivity index (χ4n) is 3.38. The van der Waals surface area contributed by atoms with Crippen LogP contribution < -0.4 is 0 Å². The van der Waals surface area contributed by atoms with Crippen molar-refractivity contribution in [3.8, 4) is 11.4 Å². The van der Waals surface area contributed by atoms with Gasteiger partial charge in [-0.05, 0) is 38.8 Å². The molecule has 1 saturated heterocycles. The number of piperidine rings is 1. The van der Waals surface area contributed by atoms with E-state index in [0.717, 1.165) is 42.9 Å². The zero-order valence-electron chi connectivity index (χ0n) is 15.8. The van der Waals surface area contributed by atoms with Gasteiger partial charge in [-0.15, -0.1) is 0 Å². The fourth-order valence-corrected chi connectivity index (χ4v) is 4.70. The third-order valence-electron chi connectivity index (χ3n) is 4.69. The topological polar surface area (TPSA) is 84.2 Å². The zero-order valence-corrected chi connectivity index (χ0v) is 16.6. The van der Waals surface area contributed by atoms with Gasteiger partial charge in [0, 0.05) is 33.4 Å². The van der Waals surface area contributed by atoms with E-state index in [1.165, 1.54) is 4.31 Å². The fraction of sp³-hybridized carbons (Fsp3) is 0.588. The van der Waals surface area contributed by atoms with Crippen molar-refractivity contribution in [3.63, 3.8) is 0 Å². The van der Waals surface area contributed by atoms with Crippen LogP contribution in [0.2, 0.25) is 0 Å². The first kappa shape index (κ1) is 18.9. The van der Waals surface area contributed by atoms with Crippen LogP contribution in [0.3, 0.4) is 0 Å². The summed E-state index contributed by atoms with van der Waals surface area (Å²) in [4.78, 5) is 9.13. The van der Waals surface area contributed by atoms with E-state index in [1.54, 1.807) is 24.6 Å². The lowest BCUT2D eigenvalue weighted by Crippen LogP contribution is -2.44. The molecule has 142 valence electrons. The molecule has 3 heterocycles. The largest absolute Gasteiger partial charge is 0.282 e. The van der Waals surface area contributed by atoms with E-state index in [1.807, 2.05) is 30.7 Å². The predicted molar refractivity (Wildman–Crippen MR) is 99.6 cm³/mol. The molecule has 0 aliphatic carbocycles. The van der Waals surface area contributed by atoms with Gasteiger partial charge in [0.2, 0.25) is 0 Å². The Morgan fingerprint density at radius 2 is 2.04 bits per heavy atom. The van der Waals surface area contributed by atoms with E-state index >= 15 is 0 Å². The van der Waals surface area contributed by atoms with Gasteiger partial charge in [-0.1, -0.05) is 6.42 Å². The molecule has 8 nitrogen and oxygen atoms in total. The minimum Gasteiger partial charge on any atom is -0.264 e. The molecule has 1 aliphatic heterocycles. The highest BCUT2D eigenvalue weighted by atomic mass is 32.2. The van der Waals surface area contributed by atoms with Gasteiger partial charge in [-0.3, -0.25) is 4.68 Å². The minimum absolute atomic E-state index is 0.269. The van der Waals surface area contributed by atoms with E-state index in [0.29, 0.717) is 12.4 Å². The lowest BCUT2D eigenvalue weighted by molar-refractivity contribution is 0.238. The summed E-state index contributed by atoms with van der Waals surface area (Å²) in [6.07, 6.45) is 4.36. The Balaban J connectivity index is 2.05. The van der Waals surface area contributed by atoms with Crippen LogP contribution in [0.1, 0.15) is 43.7 Å². The number of rotatable bonds is 5. The molecule has 1 atom stereocenters. The molecule has 2 aromatic rings. The summed E-state index contributed by atoms with van der Waals surface area (Å²) in [5, 5.41) is 4.30. The summed E-state index contributed by atoms with van der Waals surface area (Å²) in [5.41, 5.74) is 2.44. The third-order valence-corrected chi connectivity index (χ3v) is 6.64. The Labute approximate surface area is 155 Å². The molecule has 0 amide bonds. The molecule has 0 radical (unpaired) electrons. The summed E-state index contributed by atoms with van der Waals surface area (Å²) in [5.74, 6) is 0.633. The molecule has 1 fully saturated rings. The second kappa shape index (κ2) is 7.42. The Hall–Kier alpha value is -1.84. The highest BCUT2D eigenvalue weighted by molar-refractivity contribution is 7.86. The summed E-state index contributed by atoms with van der Waals surface area (Å²) >= 11 is 0. The third kappa shape index (κ3) is 3.51. The van der Waals surface area contributed by atoms with Gasteiger partial charge >= 0.3 is 0 Å². The van der Waals surface area contributed by atoms with Crippen LogP contribution in [0.15, 0.2) is 18.3 Å². The predicted octanol–water partition coefficient (Wildman–Crippen LogP) is 2.00. The van der Waals surface area contributed by atoms with E-state index in [4.69, 9.17) is 0 Å². The molecule has 1 unspecified atom stereocenters. The smallest absolute Gasteiger partial charge is 0.264 e. The van der Waals surface area contributed by atoms with Gasteiger partial charge in [-0.25, -0.2) is 9.97 Å². The number of hydrogen-bond acceptors (Lipinski definition) is 5. The van der Waals surface area contributed by atoms with Crippen molar-refractivity contribution < 1.29 is 8.42 Å². The highest BCUT2D eigenvalue weighted by Gasteiger charge is 2.35. The monoisotopic (exact) mass is 378 g/mol.